The van der Waals surface area contributed by atoms with E-state index < -0.39 is 0 Å². The maximum atomic E-state index is 12.2. The van der Waals surface area contributed by atoms with Crippen LogP contribution in [0.1, 0.15) is 24.0 Å². The van der Waals surface area contributed by atoms with E-state index in [-0.39, 0.29) is 12.6 Å². The number of para-hydroxylation sites is 3. The third kappa shape index (κ3) is 4.85. The predicted molar refractivity (Wildman–Crippen MR) is 114 cm³/mol. The number of aromatic nitrogens is 1. The molecule has 1 N–H and O–H groups in total. The molecule has 4 heteroatoms. The molecule has 0 aliphatic rings. The van der Waals surface area contributed by atoms with Crippen molar-refractivity contribution in [2.45, 2.75) is 25.9 Å². The van der Waals surface area contributed by atoms with Gasteiger partial charge in [-0.25, -0.2) is 0 Å². The van der Waals surface area contributed by atoms with Crippen molar-refractivity contribution >= 4 is 16.9 Å². The zero-order chi connectivity index (χ0) is 19.9. The van der Waals surface area contributed by atoms with Gasteiger partial charge < -0.3 is 14.5 Å². The summed E-state index contributed by atoms with van der Waals surface area (Å²) in [6.45, 7) is 0.203. The zero-order valence-corrected chi connectivity index (χ0v) is 16.1. The average molecular weight is 385 g/mol. The molecule has 0 aliphatic heterocycles. The lowest BCUT2D eigenvalue weighted by Gasteiger charge is -2.11. The fourth-order valence-corrected chi connectivity index (χ4v) is 3.33. The Balaban J connectivity index is 1.29. The molecule has 0 radical (unpaired) electrons. The minimum absolute atomic E-state index is 0.195. The number of ether oxygens (including phenoxy) is 2. The fraction of sp³-hybridized carbons (Fsp3) is 0.160. The molecule has 0 fully saturated rings. The van der Waals surface area contributed by atoms with Gasteiger partial charge in [0.2, 0.25) is 0 Å². The number of nitrogens with one attached hydrogen (secondary N) is 1. The van der Waals surface area contributed by atoms with Crippen molar-refractivity contribution in [1.82, 2.24) is 4.98 Å². The Hall–Kier alpha value is -3.53. The van der Waals surface area contributed by atoms with Gasteiger partial charge in [0, 0.05) is 29.1 Å². The number of rotatable bonds is 8. The van der Waals surface area contributed by atoms with Crippen molar-refractivity contribution < 1.29 is 14.3 Å². The van der Waals surface area contributed by atoms with Crippen molar-refractivity contribution in [3.63, 3.8) is 0 Å². The summed E-state index contributed by atoms with van der Waals surface area (Å²) < 4.78 is 11.4. The number of esters is 1. The van der Waals surface area contributed by atoms with Crippen LogP contribution in [0.15, 0.2) is 85.1 Å². The van der Waals surface area contributed by atoms with Crippen molar-refractivity contribution in [3.8, 4) is 11.5 Å². The van der Waals surface area contributed by atoms with Gasteiger partial charge in [0.1, 0.15) is 18.1 Å². The van der Waals surface area contributed by atoms with Crippen LogP contribution in [0.5, 0.6) is 11.5 Å². The quantitative estimate of drug-likeness (QED) is 0.377. The van der Waals surface area contributed by atoms with E-state index >= 15 is 0 Å². The second-order valence-corrected chi connectivity index (χ2v) is 6.90. The molecule has 146 valence electrons. The average Bonchev–Trinajstić information content (AvgIpc) is 3.17. The Bertz CT molecular complexity index is 1090. The number of aromatic amines is 1. The van der Waals surface area contributed by atoms with Crippen LogP contribution in [-0.2, 0) is 22.6 Å². The van der Waals surface area contributed by atoms with Crippen LogP contribution in [0.3, 0.4) is 0 Å². The van der Waals surface area contributed by atoms with E-state index in [1.54, 1.807) is 0 Å². The number of benzene rings is 3. The van der Waals surface area contributed by atoms with Crippen LogP contribution in [0.25, 0.3) is 10.9 Å². The molecule has 4 nitrogen and oxygen atoms in total. The van der Waals surface area contributed by atoms with Crippen LogP contribution in [-0.4, -0.2) is 11.0 Å². The number of hydrogen-bond acceptors (Lipinski definition) is 3. The summed E-state index contributed by atoms with van der Waals surface area (Å²) in [5, 5.41) is 1.22. The Labute approximate surface area is 170 Å². The van der Waals surface area contributed by atoms with E-state index in [1.165, 1.54) is 10.9 Å². The number of carbonyl (C=O) groups is 1. The highest BCUT2D eigenvalue weighted by atomic mass is 16.5. The first-order valence-corrected chi connectivity index (χ1v) is 9.81. The summed E-state index contributed by atoms with van der Waals surface area (Å²) in [5.74, 6) is 1.26. The number of carbonyl (C=O) groups excluding carboxylic acids is 1. The first-order valence-electron chi connectivity index (χ1n) is 9.81. The van der Waals surface area contributed by atoms with Gasteiger partial charge in [0.15, 0.2) is 0 Å². The molecule has 0 saturated carbocycles. The van der Waals surface area contributed by atoms with Gasteiger partial charge in [-0.2, -0.15) is 0 Å². The second kappa shape index (κ2) is 9.11. The summed E-state index contributed by atoms with van der Waals surface area (Å²) >= 11 is 0. The number of fused-ring (bicyclic) bond motifs is 1. The van der Waals surface area contributed by atoms with E-state index in [0.717, 1.165) is 29.7 Å². The molecular formula is C25H23NO3. The molecule has 4 rings (SSSR count). The molecule has 0 unspecified atom stereocenters. The maximum Gasteiger partial charge on any atom is 0.306 e. The Kier molecular flexibility index (Phi) is 5.91. The van der Waals surface area contributed by atoms with E-state index in [0.29, 0.717) is 12.2 Å². The molecule has 4 aromatic rings. The first-order chi connectivity index (χ1) is 14.3. The highest BCUT2D eigenvalue weighted by molar-refractivity contribution is 5.83. The summed E-state index contributed by atoms with van der Waals surface area (Å²) in [6, 6.07) is 25.4. The molecule has 29 heavy (non-hydrogen) atoms. The molecule has 0 saturated heterocycles. The van der Waals surface area contributed by atoms with Gasteiger partial charge in [0.05, 0.1) is 0 Å². The lowest BCUT2D eigenvalue weighted by atomic mass is 10.1. The molecule has 1 aromatic heterocycles. The lowest BCUT2D eigenvalue weighted by molar-refractivity contribution is -0.145. The van der Waals surface area contributed by atoms with Crippen LogP contribution in [0, 0.1) is 0 Å². The van der Waals surface area contributed by atoms with Gasteiger partial charge in [0.25, 0.3) is 0 Å². The van der Waals surface area contributed by atoms with E-state index in [2.05, 4.69) is 17.1 Å². The topological polar surface area (TPSA) is 51.3 Å². The molecule has 0 aliphatic carbocycles. The smallest absolute Gasteiger partial charge is 0.306 e. The number of aryl methyl sites for hydroxylation is 1. The standard InChI is InChI=1S/C25H23NO3/c27-25(16-8-10-19-17-26-23-14-6-5-13-22(19)23)28-18-20-9-4-7-15-24(20)29-21-11-2-1-3-12-21/h1-7,9,11-15,17,26H,8,10,16,18H2. The van der Waals surface area contributed by atoms with Crippen molar-refractivity contribution in [2.24, 2.45) is 0 Å². The van der Waals surface area contributed by atoms with Gasteiger partial charge in [-0.1, -0.05) is 54.6 Å². The molecule has 3 aromatic carbocycles. The minimum atomic E-state index is -0.195. The predicted octanol–water partition coefficient (Wildman–Crippen LogP) is 6.03. The molecule has 0 bridgehead atoms. The van der Waals surface area contributed by atoms with Crippen LogP contribution < -0.4 is 4.74 Å². The van der Waals surface area contributed by atoms with Gasteiger partial charge >= 0.3 is 5.97 Å². The minimum Gasteiger partial charge on any atom is -0.461 e. The lowest BCUT2D eigenvalue weighted by Crippen LogP contribution is -2.05. The van der Waals surface area contributed by atoms with Gasteiger partial charge in [-0.05, 0) is 42.7 Å². The van der Waals surface area contributed by atoms with E-state index in [1.807, 2.05) is 72.9 Å². The monoisotopic (exact) mass is 385 g/mol. The third-order valence-electron chi connectivity index (χ3n) is 4.83. The van der Waals surface area contributed by atoms with Gasteiger partial charge in [-0.3, -0.25) is 4.79 Å². The van der Waals surface area contributed by atoms with Crippen molar-refractivity contribution in [1.29, 1.82) is 0 Å². The Morgan fingerprint density at radius 3 is 2.48 bits per heavy atom. The van der Waals surface area contributed by atoms with Crippen LogP contribution in [0.4, 0.5) is 0 Å². The zero-order valence-electron chi connectivity index (χ0n) is 16.1. The van der Waals surface area contributed by atoms with E-state index in [4.69, 9.17) is 9.47 Å². The summed E-state index contributed by atoms with van der Waals surface area (Å²) in [5.41, 5.74) is 3.21. The van der Waals surface area contributed by atoms with Crippen molar-refractivity contribution in [3.05, 3.63) is 96.2 Å². The summed E-state index contributed by atoms with van der Waals surface area (Å²) in [7, 11) is 0. The number of H-pyrrole nitrogens is 1. The molecule has 0 amide bonds. The molecular weight excluding hydrogens is 362 g/mol. The number of hydrogen-bond donors (Lipinski definition) is 1. The second-order valence-electron chi connectivity index (χ2n) is 6.90. The van der Waals surface area contributed by atoms with E-state index in [9.17, 15) is 4.79 Å². The SMILES string of the molecule is O=C(CCCc1c[nH]c2ccccc12)OCc1ccccc1Oc1ccccc1. The molecule has 0 atom stereocenters. The molecule has 1 heterocycles. The Morgan fingerprint density at radius 2 is 1.59 bits per heavy atom. The maximum absolute atomic E-state index is 12.2. The first kappa shape index (κ1) is 18.8. The van der Waals surface area contributed by atoms with Crippen LogP contribution in [0.2, 0.25) is 0 Å². The molecule has 0 spiro atoms. The fourth-order valence-electron chi connectivity index (χ4n) is 3.33. The highest BCUT2D eigenvalue weighted by Gasteiger charge is 2.09. The normalized spacial score (nSPS) is 10.8. The van der Waals surface area contributed by atoms with Crippen LogP contribution >= 0.6 is 0 Å². The Morgan fingerprint density at radius 1 is 0.828 bits per heavy atom. The van der Waals surface area contributed by atoms with Crippen molar-refractivity contribution in [2.75, 3.05) is 0 Å². The summed E-state index contributed by atoms with van der Waals surface area (Å²) in [4.78, 5) is 15.5. The van der Waals surface area contributed by atoms with Gasteiger partial charge in [-0.15, -0.1) is 0 Å². The highest BCUT2D eigenvalue weighted by Crippen LogP contribution is 2.26. The third-order valence-corrected chi connectivity index (χ3v) is 4.83. The summed E-state index contributed by atoms with van der Waals surface area (Å²) in [6.07, 6.45) is 4.00. The largest absolute Gasteiger partial charge is 0.461 e.